The minimum absolute atomic E-state index is 0.0475. The van der Waals surface area contributed by atoms with E-state index in [1.165, 1.54) is 44.1 Å². The van der Waals surface area contributed by atoms with Crippen molar-refractivity contribution in [1.82, 2.24) is 0 Å². The summed E-state index contributed by atoms with van der Waals surface area (Å²) in [6.45, 7) is 6.43. The van der Waals surface area contributed by atoms with E-state index >= 15 is 0 Å². The molecule has 3 aliphatic carbocycles. The van der Waals surface area contributed by atoms with Crippen LogP contribution in [0.15, 0.2) is 23.3 Å². The van der Waals surface area contributed by atoms with Crippen molar-refractivity contribution >= 4 is 5.97 Å². The van der Waals surface area contributed by atoms with E-state index in [1.54, 1.807) is 0 Å². The number of methoxy groups -OCH3 is 1. The lowest BCUT2D eigenvalue weighted by atomic mass is 9.72. The molecule has 0 bridgehead atoms. The van der Waals surface area contributed by atoms with E-state index in [9.17, 15) is 4.79 Å². The molecule has 2 fully saturated rings. The van der Waals surface area contributed by atoms with Crippen molar-refractivity contribution in [3.05, 3.63) is 23.3 Å². The standard InChI is InChI=1S/C23H36O3/c1-16-13-19(15-23(2,3)14-16)22(24)26-21-11-7-18(8-12-21)17-5-9-20(25-4)10-6-17/h13-14,17-18,20-21H,5-12,15H2,1-4H3. The number of rotatable bonds is 4. The number of ether oxygens (including phenoxy) is 2. The molecule has 0 atom stereocenters. The van der Waals surface area contributed by atoms with Crippen molar-refractivity contribution in [3.63, 3.8) is 0 Å². The smallest absolute Gasteiger partial charge is 0.334 e. The molecule has 3 aliphatic rings. The predicted molar refractivity (Wildman–Crippen MR) is 105 cm³/mol. The number of hydrogen-bond acceptors (Lipinski definition) is 3. The minimum atomic E-state index is -0.0884. The highest BCUT2D eigenvalue weighted by Gasteiger charge is 2.33. The van der Waals surface area contributed by atoms with Gasteiger partial charge in [-0.3, -0.25) is 0 Å². The van der Waals surface area contributed by atoms with Gasteiger partial charge in [-0.2, -0.15) is 0 Å². The van der Waals surface area contributed by atoms with Crippen molar-refractivity contribution in [2.75, 3.05) is 7.11 Å². The molecule has 0 amide bonds. The fourth-order valence-corrected chi connectivity index (χ4v) is 5.36. The van der Waals surface area contributed by atoms with E-state index in [0.717, 1.165) is 36.7 Å². The molecule has 0 aromatic rings. The van der Waals surface area contributed by atoms with Gasteiger partial charge < -0.3 is 9.47 Å². The van der Waals surface area contributed by atoms with Crippen LogP contribution in [-0.2, 0) is 14.3 Å². The van der Waals surface area contributed by atoms with Crippen LogP contribution in [0.5, 0.6) is 0 Å². The van der Waals surface area contributed by atoms with Gasteiger partial charge in [0.2, 0.25) is 0 Å². The third kappa shape index (κ3) is 5.00. The summed E-state index contributed by atoms with van der Waals surface area (Å²) in [7, 11) is 1.84. The normalized spacial score (nSPS) is 34.6. The van der Waals surface area contributed by atoms with Crippen molar-refractivity contribution in [1.29, 1.82) is 0 Å². The molecule has 3 rings (SSSR count). The molecule has 0 saturated heterocycles. The van der Waals surface area contributed by atoms with Gasteiger partial charge in [-0.1, -0.05) is 25.5 Å². The lowest BCUT2D eigenvalue weighted by Crippen LogP contribution is -2.31. The maximum absolute atomic E-state index is 12.6. The Balaban J connectivity index is 1.46. The van der Waals surface area contributed by atoms with Crippen LogP contribution in [0.1, 0.15) is 78.6 Å². The summed E-state index contributed by atoms with van der Waals surface area (Å²) in [4.78, 5) is 12.6. The van der Waals surface area contributed by atoms with Gasteiger partial charge in [0, 0.05) is 12.7 Å². The Morgan fingerprint density at radius 2 is 1.50 bits per heavy atom. The first-order valence-electron chi connectivity index (χ1n) is 10.5. The van der Waals surface area contributed by atoms with E-state index in [-0.39, 0.29) is 17.5 Å². The monoisotopic (exact) mass is 360 g/mol. The average molecular weight is 361 g/mol. The molecular weight excluding hydrogens is 324 g/mol. The number of carbonyl (C=O) groups excluding carboxylic acids is 1. The van der Waals surface area contributed by atoms with Crippen molar-refractivity contribution in [3.8, 4) is 0 Å². The highest BCUT2D eigenvalue weighted by Crippen LogP contribution is 2.40. The van der Waals surface area contributed by atoms with Crippen LogP contribution in [-0.4, -0.2) is 25.3 Å². The number of allylic oxidation sites excluding steroid dienone is 3. The zero-order valence-electron chi connectivity index (χ0n) is 17.1. The van der Waals surface area contributed by atoms with Crippen LogP contribution in [0.3, 0.4) is 0 Å². The molecule has 0 aromatic heterocycles. The second-order valence-corrected chi connectivity index (χ2v) is 9.44. The van der Waals surface area contributed by atoms with Crippen LogP contribution < -0.4 is 0 Å². The molecule has 0 spiro atoms. The molecule has 2 saturated carbocycles. The van der Waals surface area contributed by atoms with E-state index in [0.29, 0.717) is 6.10 Å². The van der Waals surface area contributed by atoms with Gasteiger partial charge in [0.05, 0.1) is 6.10 Å². The molecule has 0 unspecified atom stereocenters. The van der Waals surface area contributed by atoms with Gasteiger partial charge >= 0.3 is 5.97 Å². The largest absolute Gasteiger partial charge is 0.459 e. The Hall–Kier alpha value is -1.09. The topological polar surface area (TPSA) is 35.5 Å². The van der Waals surface area contributed by atoms with E-state index in [4.69, 9.17) is 9.47 Å². The summed E-state index contributed by atoms with van der Waals surface area (Å²) < 4.78 is 11.4. The van der Waals surface area contributed by atoms with Crippen LogP contribution in [0, 0.1) is 17.3 Å². The fourth-order valence-electron chi connectivity index (χ4n) is 5.36. The molecule has 26 heavy (non-hydrogen) atoms. The third-order valence-electron chi connectivity index (χ3n) is 6.64. The maximum Gasteiger partial charge on any atom is 0.334 e. The lowest BCUT2D eigenvalue weighted by Gasteiger charge is -2.37. The molecule has 0 aliphatic heterocycles. The first kappa shape index (κ1) is 19.7. The highest BCUT2D eigenvalue weighted by atomic mass is 16.5. The second kappa shape index (κ2) is 8.29. The zero-order chi connectivity index (χ0) is 18.7. The van der Waals surface area contributed by atoms with Crippen LogP contribution in [0.4, 0.5) is 0 Å². The molecule has 3 nitrogen and oxygen atoms in total. The van der Waals surface area contributed by atoms with Gasteiger partial charge in [0.15, 0.2) is 0 Å². The maximum atomic E-state index is 12.6. The molecule has 3 heteroatoms. The molecule has 0 aromatic carbocycles. The number of carbonyl (C=O) groups is 1. The predicted octanol–water partition coefficient (Wildman–Crippen LogP) is 5.60. The summed E-state index contributed by atoms with van der Waals surface area (Å²) in [5.41, 5.74) is 2.06. The van der Waals surface area contributed by atoms with Gasteiger partial charge in [0.25, 0.3) is 0 Å². The Morgan fingerprint density at radius 1 is 0.962 bits per heavy atom. The third-order valence-corrected chi connectivity index (χ3v) is 6.64. The zero-order valence-corrected chi connectivity index (χ0v) is 17.1. The summed E-state index contributed by atoms with van der Waals surface area (Å²) in [5, 5.41) is 0. The minimum Gasteiger partial charge on any atom is -0.459 e. The summed E-state index contributed by atoms with van der Waals surface area (Å²) in [5.74, 6) is 1.59. The van der Waals surface area contributed by atoms with E-state index < -0.39 is 0 Å². The van der Waals surface area contributed by atoms with Gasteiger partial charge in [0.1, 0.15) is 6.10 Å². The van der Waals surface area contributed by atoms with E-state index in [2.05, 4.69) is 26.8 Å². The van der Waals surface area contributed by atoms with Crippen molar-refractivity contribution in [2.24, 2.45) is 17.3 Å². The second-order valence-electron chi connectivity index (χ2n) is 9.44. The Morgan fingerprint density at radius 3 is 2.00 bits per heavy atom. The van der Waals surface area contributed by atoms with Gasteiger partial charge in [-0.05, 0) is 88.0 Å². The SMILES string of the molecule is COC1CCC(C2CCC(OC(=O)C3=CC(C)=CC(C)(C)C3)CC2)CC1. The Labute approximate surface area is 159 Å². The van der Waals surface area contributed by atoms with Crippen LogP contribution >= 0.6 is 0 Å². The van der Waals surface area contributed by atoms with Crippen molar-refractivity contribution in [2.45, 2.75) is 90.8 Å². The Bertz CT molecular complexity index is 556. The number of esters is 1. The molecule has 0 N–H and O–H groups in total. The molecule has 146 valence electrons. The molecular formula is C23H36O3. The molecule has 0 heterocycles. The fraction of sp³-hybridized carbons (Fsp3) is 0.783. The Kier molecular flexibility index (Phi) is 6.27. The quantitative estimate of drug-likeness (QED) is 0.613. The van der Waals surface area contributed by atoms with Gasteiger partial charge in [-0.25, -0.2) is 4.79 Å². The summed E-state index contributed by atoms with van der Waals surface area (Å²) in [6.07, 6.45) is 15.2. The van der Waals surface area contributed by atoms with Crippen LogP contribution in [0.2, 0.25) is 0 Å². The first-order valence-corrected chi connectivity index (χ1v) is 10.5. The van der Waals surface area contributed by atoms with E-state index in [1.807, 2.05) is 13.2 Å². The first-order chi connectivity index (χ1) is 12.4. The summed E-state index contributed by atoms with van der Waals surface area (Å²) in [6, 6.07) is 0. The highest BCUT2D eigenvalue weighted by molar-refractivity contribution is 5.89. The van der Waals surface area contributed by atoms with Gasteiger partial charge in [-0.15, -0.1) is 0 Å². The number of hydrogen-bond donors (Lipinski definition) is 0. The molecule has 0 radical (unpaired) electrons. The van der Waals surface area contributed by atoms with Crippen molar-refractivity contribution < 1.29 is 14.3 Å². The lowest BCUT2D eigenvalue weighted by molar-refractivity contribution is -0.146. The van der Waals surface area contributed by atoms with Crippen LogP contribution in [0.25, 0.3) is 0 Å². The summed E-state index contributed by atoms with van der Waals surface area (Å²) >= 11 is 0. The average Bonchev–Trinajstić information content (AvgIpc) is 2.61.